The molecule has 128 valence electrons. The molecule has 0 fully saturated rings. The molecule has 0 aliphatic carbocycles. The summed E-state index contributed by atoms with van der Waals surface area (Å²) in [4.78, 5) is 23.4. The van der Waals surface area contributed by atoms with Gasteiger partial charge < -0.3 is 14.2 Å². The second-order valence-electron chi connectivity index (χ2n) is 6.11. The third-order valence-corrected chi connectivity index (χ3v) is 4.32. The van der Waals surface area contributed by atoms with Crippen LogP contribution in [-0.4, -0.2) is 49.2 Å². The van der Waals surface area contributed by atoms with Crippen LogP contribution in [-0.2, 0) is 17.9 Å². The van der Waals surface area contributed by atoms with Gasteiger partial charge in [-0.15, -0.1) is 10.2 Å². The van der Waals surface area contributed by atoms with Crippen LogP contribution < -0.4 is 0 Å². The molecule has 3 heterocycles. The van der Waals surface area contributed by atoms with Crippen molar-refractivity contribution in [2.45, 2.75) is 26.1 Å². The fourth-order valence-corrected chi connectivity index (χ4v) is 3.22. The van der Waals surface area contributed by atoms with Crippen molar-refractivity contribution in [3.8, 4) is 0 Å². The van der Waals surface area contributed by atoms with Gasteiger partial charge in [0, 0.05) is 13.7 Å². The van der Waals surface area contributed by atoms with Crippen LogP contribution in [0.5, 0.6) is 0 Å². The summed E-state index contributed by atoms with van der Waals surface area (Å²) in [6, 6.07) is 7.58. The first-order valence-corrected chi connectivity index (χ1v) is 8.10. The van der Waals surface area contributed by atoms with E-state index in [0.717, 1.165) is 17.2 Å². The first-order chi connectivity index (χ1) is 12.2. The smallest absolute Gasteiger partial charge is 0.274 e. The van der Waals surface area contributed by atoms with Gasteiger partial charge in [-0.2, -0.15) is 0 Å². The SMILES string of the molecule is COCc1nnc2n1[C@@H](C)CN(C(=O)c1cnc3ccccc3n1)C2. The highest BCUT2D eigenvalue weighted by Crippen LogP contribution is 2.23. The maximum atomic E-state index is 12.9. The van der Waals surface area contributed by atoms with E-state index in [2.05, 4.69) is 20.2 Å². The minimum atomic E-state index is -0.146. The number of aromatic nitrogens is 5. The molecule has 2 aromatic heterocycles. The lowest BCUT2D eigenvalue weighted by molar-refractivity contribution is 0.0669. The lowest BCUT2D eigenvalue weighted by Gasteiger charge is -2.32. The van der Waals surface area contributed by atoms with E-state index >= 15 is 0 Å². The quantitative estimate of drug-likeness (QED) is 0.721. The van der Waals surface area contributed by atoms with Gasteiger partial charge in [-0.25, -0.2) is 4.98 Å². The molecule has 0 saturated heterocycles. The largest absolute Gasteiger partial charge is 0.377 e. The minimum absolute atomic E-state index is 0.0706. The number of fused-ring (bicyclic) bond motifs is 2. The van der Waals surface area contributed by atoms with Crippen LogP contribution in [0.4, 0.5) is 0 Å². The van der Waals surface area contributed by atoms with Crippen molar-refractivity contribution in [2.75, 3.05) is 13.7 Å². The molecule has 3 aromatic rings. The van der Waals surface area contributed by atoms with Crippen molar-refractivity contribution in [1.29, 1.82) is 0 Å². The summed E-state index contributed by atoms with van der Waals surface area (Å²) in [5.74, 6) is 1.39. The van der Waals surface area contributed by atoms with Crippen molar-refractivity contribution in [1.82, 2.24) is 29.6 Å². The van der Waals surface area contributed by atoms with Gasteiger partial charge in [0.05, 0.1) is 29.8 Å². The van der Waals surface area contributed by atoms with E-state index in [0.29, 0.717) is 30.9 Å². The van der Waals surface area contributed by atoms with Gasteiger partial charge in [0.1, 0.15) is 12.3 Å². The summed E-state index contributed by atoms with van der Waals surface area (Å²) in [6.45, 7) is 3.41. The molecule has 0 radical (unpaired) electrons. The summed E-state index contributed by atoms with van der Waals surface area (Å²) in [5, 5.41) is 8.37. The second-order valence-corrected chi connectivity index (χ2v) is 6.11. The molecule has 1 atom stereocenters. The molecule has 0 saturated carbocycles. The first kappa shape index (κ1) is 15.6. The number of amides is 1. The lowest BCUT2D eigenvalue weighted by atomic mass is 10.2. The van der Waals surface area contributed by atoms with Gasteiger partial charge in [-0.1, -0.05) is 12.1 Å². The number of rotatable bonds is 3. The monoisotopic (exact) mass is 338 g/mol. The zero-order valence-electron chi connectivity index (χ0n) is 14.1. The van der Waals surface area contributed by atoms with E-state index in [1.807, 2.05) is 35.8 Å². The molecule has 8 heteroatoms. The molecule has 1 amide bonds. The Morgan fingerprint density at radius 2 is 2.08 bits per heavy atom. The topological polar surface area (TPSA) is 86.0 Å². The highest BCUT2D eigenvalue weighted by atomic mass is 16.5. The van der Waals surface area contributed by atoms with Crippen LogP contribution in [0.3, 0.4) is 0 Å². The Hall–Kier alpha value is -2.87. The molecule has 4 rings (SSSR count). The van der Waals surface area contributed by atoms with E-state index in [1.165, 1.54) is 6.20 Å². The Morgan fingerprint density at radius 1 is 1.28 bits per heavy atom. The number of ether oxygens (including phenoxy) is 1. The molecular formula is C17H18N6O2. The molecule has 0 N–H and O–H groups in total. The fourth-order valence-electron chi connectivity index (χ4n) is 3.22. The summed E-state index contributed by atoms with van der Waals surface area (Å²) in [6.07, 6.45) is 1.53. The van der Waals surface area contributed by atoms with Gasteiger partial charge in [0.2, 0.25) is 0 Å². The Kier molecular flexibility index (Phi) is 3.89. The Labute approximate surface area is 144 Å². The van der Waals surface area contributed by atoms with Gasteiger partial charge in [0.25, 0.3) is 5.91 Å². The number of methoxy groups -OCH3 is 1. The highest BCUT2D eigenvalue weighted by Gasteiger charge is 2.30. The number of nitrogens with zero attached hydrogens (tertiary/aromatic N) is 6. The van der Waals surface area contributed by atoms with Crippen LogP contribution in [0.25, 0.3) is 11.0 Å². The van der Waals surface area contributed by atoms with Gasteiger partial charge >= 0.3 is 0 Å². The Bertz CT molecular complexity index is 938. The van der Waals surface area contributed by atoms with Gasteiger partial charge in [-0.05, 0) is 19.1 Å². The normalized spacial score (nSPS) is 16.9. The van der Waals surface area contributed by atoms with Crippen molar-refractivity contribution >= 4 is 16.9 Å². The highest BCUT2D eigenvalue weighted by molar-refractivity contribution is 5.93. The summed E-state index contributed by atoms with van der Waals surface area (Å²) >= 11 is 0. The van der Waals surface area contributed by atoms with Crippen LogP contribution >= 0.6 is 0 Å². The molecule has 0 bridgehead atoms. The van der Waals surface area contributed by atoms with E-state index in [-0.39, 0.29) is 11.9 Å². The third kappa shape index (κ3) is 2.74. The number of benzene rings is 1. The summed E-state index contributed by atoms with van der Waals surface area (Å²) in [5.41, 5.74) is 1.83. The predicted molar refractivity (Wildman–Crippen MR) is 89.7 cm³/mol. The number of carbonyl (C=O) groups is 1. The van der Waals surface area contributed by atoms with Gasteiger partial charge in [0.15, 0.2) is 11.6 Å². The minimum Gasteiger partial charge on any atom is -0.377 e. The maximum Gasteiger partial charge on any atom is 0.274 e. The third-order valence-electron chi connectivity index (χ3n) is 4.32. The average Bonchev–Trinajstić information content (AvgIpc) is 3.04. The van der Waals surface area contributed by atoms with Crippen molar-refractivity contribution in [2.24, 2.45) is 0 Å². The van der Waals surface area contributed by atoms with E-state index < -0.39 is 0 Å². The lowest BCUT2D eigenvalue weighted by Crippen LogP contribution is -2.41. The second kappa shape index (κ2) is 6.21. The zero-order valence-corrected chi connectivity index (χ0v) is 14.1. The molecular weight excluding hydrogens is 320 g/mol. The summed E-state index contributed by atoms with van der Waals surface area (Å²) < 4.78 is 7.20. The average molecular weight is 338 g/mol. The Morgan fingerprint density at radius 3 is 2.88 bits per heavy atom. The zero-order chi connectivity index (χ0) is 17.4. The maximum absolute atomic E-state index is 12.9. The standard InChI is InChI=1S/C17H18N6O2/c1-11-8-22(9-15-20-21-16(10-25-2)23(11)15)17(24)14-7-18-12-5-3-4-6-13(12)19-14/h3-7,11H,8-10H2,1-2H3/t11-/m0/s1. The molecule has 0 spiro atoms. The van der Waals surface area contributed by atoms with Crippen LogP contribution in [0.15, 0.2) is 30.5 Å². The van der Waals surface area contributed by atoms with E-state index in [1.54, 1.807) is 12.0 Å². The molecule has 25 heavy (non-hydrogen) atoms. The first-order valence-electron chi connectivity index (χ1n) is 8.10. The van der Waals surface area contributed by atoms with Crippen molar-refractivity contribution in [3.05, 3.63) is 47.8 Å². The van der Waals surface area contributed by atoms with Crippen LogP contribution in [0.1, 0.15) is 35.1 Å². The number of para-hydroxylation sites is 2. The molecule has 1 aromatic carbocycles. The van der Waals surface area contributed by atoms with Crippen LogP contribution in [0.2, 0.25) is 0 Å². The van der Waals surface area contributed by atoms with E-state index in [9.17, 15) is 4.79 Å². The number of hydrogen-bond acceptors (Lipinski definition) is 6. The summed E-state index contributed by atoms with van der Waals surface area (Å²) in [7, 11) is 1.63. The predicted octanol–water partition coefficient (Wildman–Crippen LogP) is 1.58. The van der Waals surface area contributed by atoms with E-state index in [4.69, 9.17) is 4.74 Å². The number of carbonyl (C=O) groups excluding carboxylic acids is 1. The fraction of sp³-hybridized carbons (Fsp3) is 0.353. The van der Waals surface area contributed by atoms with Crippen molar-refractivity contribution in [3.63, 3.8) is 0 Å². The number of hydrogen-bond donors (Lipinski definition) is 0. The van der Waals surface area contributed by atoms with Crippen LogP contribution in [0, 0.1) is 0 Å². The molecule has 1 aliphatic rings. The Balaban J connectivity index is 1.62. The molecule has 0 unspecified atom stereocenters. The molecule has 8 nitrogen and oxygen atoms in total. The van der Waals surface area contributed by atoms with Gasteiger partial charge in [-0.3, -0.25) is 9.78 Å². The molecule has 1 aliphatic heterocycles. The van der Waals surface area contributed by atoms with Crippen molar-refractivity contribution < 1.29 is 9.53 Å².